The van der Waals surface area contributed by atoms with E-state index in [0.717, 1.165) is 26.1 Å². The van der Waals surface area contributed by atoms with Crippen molar-refractivity contribution >= 4 is 29.9 Å². The highest BCUT2D eigenvalue weighted by atomic mass is 127. The average molecular weight is 535 g/mol. The van der Waals surface area contributed by atoms with Gasteiger partial charge in [-0.15, -0.1) is 24.0 Å². The first-order chi connectivity index (χ1) is 14.2. The summed E-state index contributed by atoms with van der Waals surface area (Å²) in [6.45, 7) is 4.56. The first-order valence-electron chi connectivity index (χ1n) is 10.7. The zero-order valence-corrected chi connectivity index (χ0v) is 20.8. The van der Waals surface area contributed by atoms with Gasteiger partial charge in [-0.05, 0) is 43.9 Å². The van der Waals surface area contributed by atoms with E-state index in [2.05, 4.69) is 15.6 Å². The number of methoxy groups -OCH3 is 2. The molecule has 1 aromatic rings. The van der Waals surface area contributed by atoms with Crippen LogP contribution in [0.2, 0.25) is 0 Å². The fraction of sp³-hybridized carbons (Fsp3) is 0.682. The molecule has 0 bridgehead atoms. The predicted octanol–water partition coefficient (Wildman–Crippen LogP) is 3.65. The van der Waals surface area contributed by atoms with Crippen LogP contribution in [0, 0.1) is 0 Å². The molecule has 0 aliphatic heterocycles. The van der Waals surface area contributed by atoms with Crippen LogP contribution in [0.1, 0.15) is 57.1 Å². The highest BCUT2D eigenvalue weighted by Crippen LogP contribution is 2.26. The lowest BCUT2D eigenvalue weighted by atomic mass is 9.98. The second-order valence-corrected chi connectivity index (χ2v) is 7.29. The number of rotatable bonds is 11. The summed E-state index contributed by atoms with van der Waals surface area (Å²) < 4.78 is 16.5. The second kappa shape index (κ2) is 15.5. The minimum atomic E-state index is -0.746. The van der Waals surface area contributed by atoms with Crippen molar-refractivity contribution in [2.24, 2.45) is 4.99 Å². The fourth-order valence-electron chi connectivity index (χ4n) is 3.41. The first kappa shape index (κ1) is 26.8. The van der Waals surface area contributed by atoms with Gasteiger partial charge in [-0.3, -0.25) is 4.99 Å². The Morgan fingerprint density at radius 3 is 2.37 bits per heavy atom. The van der Waals surface area contributed by atoms with Gasteiger partial charge in [0, 0.05) is 25.8 Å². The van der Waals surface area contributed by atoms with Crippen LogP contribution in [-0.2, 0) is 4.74 Å². The van der Waals surface area contributed by atoms with E-state index in [9.17, 15) is 5.11 Å². The molecule has 1 fully saturated rings. The smallest absolute Gasteiger partial charge is 0.191 e. The van der Waals surface area contributed by atoms with Crippen LogP contribution in [-0.4, -0.2) is 57.6 Å². The van der Waals surface area contributed by atoms with Crippen LogP contribution < -0.4 is 20.1 Å². The van der Waals surface area contributed by atoms with Gasteiger partial charge >= 0.3 is 0 Å². The molecule has 172 valence electrons. The van der Waals surface area contributed by atoms with Crippen molar-refractivity contribution in [3.05, 3.63) is 23.8 Å². The summed E-state index contributed by atoms with van der Waals surface area (Å²) in [7, 11) is 3.18. The standard InChI is InChI=1S/C22H37N3O4.HI/c1-4-23-22(24-11-8-12-29-18-9-6-5-7-10-18)25-16-21(26)17-13-19(27-2)15-20(14-17)28-3;/h13-15,18,21,26H,4-12,16H2,1-3H3,(H2,23,24,25);1H. The van der Waals surface area contributed by atoms with E-state index in [4.69, 9.17) is 14.2 Å². The molecule has 0 radical (unpaired) electrons. The van der Waals surface area contributed by atoms with Gasteiger partial charge in [0.2, 0.25) is 0 Å². The molecule has 1 unspecified atom stereocenters. The second-order valence-electron chi connectivity index (χ2n) is 7.29. The Hall–Kier alpha value is -1.26. The van der Waals surface area contributed by atoms with Crippen molar-refractivity contribution in [1.29, 1.82) is 0 Å². The van der Waals surface area contributed by atoms with Gasteiger partial charge in [-0.25, -0.2) is 0 Å². The number of halogens is 1. The Morgan fingerprint density at radius 2 is 1.77 bits per heavy atom. The molecule has 7 nitrogen and oxygen atoms in total. The molecule has 0 amide bonds. The zero-order chi connectivity index (χ0) is 20.9. The van der Waals surface area contributed by atoms with Gasteiger partial charge in [0.25, 0.3) is 0 Å². The lowest BCUT2D eigenvalue weighted by Crippen LogP contribution is -2.38. The van der Waals surface area contributed by atoms with E-state index in [1.807, 2.05) is 6.92 Å². The summed E-state index contributed by atoms with van der Waals surface area (Å²) in [5.41, 5.74) is 0.710. The van der Waals surface area contributed by atoms with Crippen LogP contribution in [0.3, 0.4) is 0 Å². The van der Waals surface area contributed by atoms with E-state index in [1.165, 1.54) is 32.1 Å². The maximum Gasteiger partial charge on any atom is 0.191 e. The molecular formula is C22H38IN3O4. The Kier molecular flexibility index (Phi) is 13.9. The molecule has 1 saturated carbocycles. The van der Waals surface area contributed by atoms with Gasteiger partial charge in [0.15, 0.2) is 5.96 Å². The lowest BCUT2D eigenvalue weighted by Gasteiger charge is -2.22. The summed E-state index contributed by atoms with van der Waals surface area (Å²) in [6.07, 6.45) is 6.96. The van der Waals surface area contributed by atoms with Crippen molar-refractivity contribution in [2.45, 2.75) is 57.7 Å². The minimum absolute atomic E-state index is 0. The summed E-state index contributed by atoms with van der Waals surface area (Å²) in [5.74, 6) is 1.98. The molecular weight excluding hydrogens is 497 g/mol. The van der Waals surface area contributed by atoms with Gasteiger partial charge in [-0.1, -0.05) is 19.3 Å². The topological polar surface area (TPSA) is 84.3 Å². The number of aliphatic hydroxyl groups excluding tert-OH is 1. The van der Waals surface area contributed by atoms with Gasteiger partial charge < -0.3 is 30.0 Å². The predicted molar refractivity (Wildman–Crippen MR) is 131 cm³/mol. The first-order valence-corrected chi connectivity index (χ1v) is 10.7. The molecule has 30 heavy (non-hydrogen) atoms. The Bertz CT molecular complexity index is 602. The molecule has 1 atom stereocenters. The number of guanidine groups is 1. The number of aliphatic imine (C=N–C) groups is 1. The highest BCUT2D eigenvalue weighted by Gasteiger charge is 2.13. The number of nitrogens with zero attached hydrogens (tertiary/aromatic N) is 1. The monoisotopic (exact) mass is 535 g/mol. The number of benzene rings is 1. The van der Waals surface area contributed by atoms with E-state index in [-0.39, 0.29) is 30.5 Å². The Morgan fingerprint density at radius 1 is 1.10 bits per heavy atom. The van der Waals surface area contributed by atoms with Crippen LogP contribution in [0.25, 0.3) is 0 Å². The maximum atomic E-state index is 10.5. The van der Waals surface area contributed by atoms with Crippen molar-refractivity contribution in [3.63, 3.8) is 0 Å². The molecule has 0 spiro atoms. The van der Waals surface area contributed by atoms with Gasteiger partial charge in [-0.2, -0.15) is 0 Å². The third kappa shape index (κ3) is 9.70. The molecule has 1 aliphatic carbocycles. The normalized spacial score (nSPS) is 15.8. The molecule has 3 N–H and O–H groups in total. The average Bonchev–Trinajstić information content (AvgIpc) is 2.77. The summed E-state index contributed by atoms with van der Waals surface area (Å²) in [6, 6.07) is 5.37. The lowest BCUT2D eigenvalue weighted by molar-refractivity contribution is 0.0277. The van der Waals surface area contributed by atoms with E-state index < -0.39 is 6.10 Å². The SMILES string of the molecule is CCNC(=NCC(O)c1cc(OC)cc(OC)c1)NCCCOC1CCCCC1.I. The van der Waals surface area contributed by atoms with Crippen molar-refractivity contribution in [3.8, 4) is 11.5 Å². The third-order valence-electron chi connectivity index (χ3n) is 5.04. The van der Waals surface area contributed by atoms with E-state index >= 15 is 0 Å². The quantitative estimate of drug-likeness (QED) is 0.174. The number of ether oxygens (including phenoxy) is 3. The molecule has 1 aromatic carbocycles. The Labute approximate surface area is 198 Å². The Balaban J connectivity index is 0.00000450. The van der Waals surface area contributed by atoms with Gasteiger partial charge in [0.1, 0.15) is 11.5 Å². The van der Waals surface area contributed by atoms with Crippen LogP contribution in [0.4, 0.5) is 0 Å². The van der Waals surface area contributed by atoms with E-state index in [0.29, 0.717) is 29.1 Å². The summed E-state index contributed by atoms with van der Waals surface area (Å²) in [4.78, 5) is 4.51. The number of aliphatic hydroxyl groups is 1. The minimum Gasteiger partial charge on any atom is -0.497 e. The number of hydrogen-bond acceptors (Lipinski definition) is 5. The van der Waals surface area contributed by atoms with E-state index in [1.54, 1.807) is 32.4 Å². The maximum absolute atomic E-state index is 10.5. The molecule has 8 heteroatoms. The molecule has 2 rings (SSSR count). The van der Waals surface area contributed by atoms with Crippen LogP contribution >= 0.6 is 24.0 Å². The number of nitrogens with one attached hydrogen (secondary N) is 2. The van der Waals surface area contributed by atoms with Crippen LogP contribution in [0.15, 0.2) is 23.2 Å². The van der Waals surface area contributed by atoms with Gasteiger partial charge in [0.05, 0.1) is 33.0 Å². The zero-order valence-electron chi connectivity index (χ0n) is 18.5. The molecule has 0 saturated heterocycles. The van der Waals surface area contributed by atoms with Crippen molar-refractivity contribution in [2.75, 3.05) is 40.5 Å². The fourth-order valence-corrected chi connectivity index (χ4v) is 3.41. The third-order valence-corrected chi connectivity index (χ3v) is 5.04. The summed E-state index contributed by atoms with van der Waals surface area (Å²) >= 11 is 0. The molecule has 0 aromatic heterocycles. The highest BCUT2D eigenvalue weighted by molar-refractivity contribution is 14.0. The largest absolute Gasteiger partial charge is 0.497 e. The van der Waals surface area contributed by atoms with Crippen LogP contribution in [0.5, 0.6) is 11.5 Å². The summed E-state index contributed by atoms with van der Waals surface area (Å²) in [5, 5.41) is 17.1. The molecule has 1 aliphatic rings. The van der Waals surface area contributed by atoms with Crippen molar-refractivity contribution < 1.29 is 19.3 Å². The van der Waals surface area contributed by atoms with Crippen molar-refractivity contribution in [1.82, 2.24) is 10.6 Å². The molecule has 0 heterocycles. The number of hydrogen-bond donors (Lipinski definition) is 3.